The van der Waals surface area contributed by atoms with Crippen molar-refractivity contribution in [1.29, 1.82) is 0 Å². The van der Waals surface area contributed by atoms with Crippen LogP contribution in [-0.2, 0) is 14.3 Å². The Bertz CT molecular complexity index is 321. The van der Waals surface area contributed by atoms with E-state index in [9.17, 15) is 9.59 Å². The molecule has 0 saturated carbocycles. The number of esters is 1. The van der Waals surface area contributed by atoms with Crippen LogP contribution in [0.3, 0.4) is 0 Å². The maximum atomic E-state index is 11.2. The van der Waals surface area contributed by atoms with Gasteiger partial charge in [-0.1, -0.05) is 5.16 Å². The summed E-state index contributed by atoms with van der Waals surface area (Å²) in [6, 6.07) is 1.52. The summed E-state index contributed by atoms with van der Waals surface area (Å²) in [7, 11) is 0. The predicted octanol–water partition coefficient (Wildman–Crippen LogP) is 0.956. The van der Waals surface area contributed by atoms with E-state index >= 15 is 0 Å². The number of carbonyl (C=O) groups excluding carboxylic acids is 2. The number of rotatable bonds is 5. The molecule has 0 aliphatic heterocycles. The molecule has 1 rings (SSSR count). The molecule has 1 aromatic rings. The SMILES string of the molecule is CCOC(=O)CCC(=O)Nc1ccon1. The van der Waals surface area contributed by atoms with Crippen molar-refractivity contribution in [3.8, 4) is 0 Å². The van der Waals surface area contributed by atoms with Crippen LogP contribution >= 0.6 is 0 Å². The molecule has 0 aliphatic carbocycles. The molecule has 1 aromatic heterocycles. The lowest BCUT2D eigenvalue weighted by atomic mass is 10.3. The fourth-order valence-corrected chi connectivity index (χ4v) is 0.931. The molecule has 0 spiro atoms. The van der Waals surface area contributed by atoms with E-state index in [4.69, 9.17) is 0 Å². The first kappa shape index (κ1) is 11.2. The van der Waals surface area contributed by atoms with E-state index in [2.05, 4.69) is 19.7 Å². The van der Waals surface area contributed by atoms with Gasteiger partial charge < -0.3 is 14.6 Å². The number of amides is 1. The van der Waals surface area contributed by atoms with Gasteiger partial charge in [0.05, 0.1) is 13.0 Å². The molecular formula is C9H12N2O4. The van der Waals surface area contributed by atoms with Crippen LogP contribution < -0.4 is 5.32 Å². The standard InChI is InChI=1S/C9H12N2O4/c1-2-14-9(13)4-3-8(12)10-7-5-6-15-11-7/h5-6H,2-4H2,1H3,(H,10,11,12). The van der Waals surface area contributed by atoms with Crippen molar-refractivity contribution in [1.82, 2.24) is 5.16 Å². The van der Waals surface area contributed by atoms with Gasteiger partial charge in [-0.2, -0.15) is 0 Å². The minimum atomic E-state index is -0.382. The molecular weight excluding hydrogens is 200 g/mol. The average Bonchev–Trinajstić information content (AvgIpc) is 2.68. The van der Waals surface area contributed by atoms with Crippen molar-refractivity contribution in [2.24, 2.45) is 0 Å². The van der Waals surface area contributed by atoms with Crippen LogP contribution in [0.1, 0.15) is 19.8 Å². The molecule has 0 bridgehead atoms. The quantitative estimate of drug-likeness (QED) is 0.735. The maximum Gasteiger partial charge on any atom is 0.306 e. The molecule has 0 saturated heterocycles. The van der Waals surface area contributed by atoms with Crippen LogP contribution in [0.2, 0.25) is 0 Å². The lowest BCUT2D eigenvalue weighted by Gasteiger charge is -2.01. The first-order valence-electron chi connectivity index (χ1n) is 4.58. The van der Waals surface area contributed by atoms with Gasteiger partial charge in [-0.3, -0.25) is 9.59 Å². The van der Waals surface area contributed by atoms with Gasteiger partial charge in [0.25, 0.3) is 0 Å². The molecule has 0 radical (unpaired) electrons. The largest absolute Gasteiger partial charge is 0.466 e. The van der Waals surface area contributed by atoms with E-state index in [0.717, 1.165) is 0 Å². The zero-order valence-corrected chi connectivity index (χ0v) is 8.36. The molecule has 6 heteroatoms. The maximum absolute atomic E-state index is 11.2. The van der Waals surface area contributed by atoms with Gasteiger partial charge in [-0.15, -0.1) is 0 Å². The number of carbonyl (C=O) groups is 2. The summed E-state index contributed by atoms with van der Waals surface area (Å²) in [5, 5.41) is 5.96. The molecule has 6 nitrogen and oxygen atoms in total. The van der Waals surface area contributed by atoms with Crippen LogP contribution in [0.5, 0.6) is 0 Å². The Hall–Kier alpha value is -1.85. The number of aromatic nitrogens is 1. The van der Waals surface area contributed by atoms with Crippen LogP contribution in [0, 0.1) is 0 Å². The highest BCUT2D eigenvalue weighted by molar-refractivity contribution is 5.91. The third kappa shape index (κ3) is 4.26. The Morgan fingerprint density at radius 2 is 2.33 bits per heavy atom. The van der Waals surface area contributed by atoms with Crippen molar-refractivity contribution >= 4 is 17.7 Å². The Morgan fingerprint density at radius 3 is 2.93 bits per heavy atom. The summed E-state index contributed by atoms with van der Waals surface area (Å²) in [4.78, 5) is 22.1. The molecule has 15 heavy (non-hydrogen) atoms. The highest BCUT2D eigenvalue weighted by Gasteiger charge is 2.08. The topological polar surface area (TPSA) is 81.4 Å². The number of hydrogen-bond acceptors (Lipinski definition) is 5. The van der Waals surface area contributed by atoms with E-state index in [-0.39, 0.29) is 24.7 Å². The third-order valence-electron chi connectivity index (χ3n) is 1.57. The summed E-state index contributed by atoms with van der Waals surface area (Å²) < 4.78 is 9.20. The lowest BCUT2D eigenvalue weighted by Crippen LogP contribution is -2.14. The van der Waals surface area contributed by atoms with Crippen LogP contribution in [0.15, 0.2) is 16.9 Å². The Labute approximate surface area is 86.6 Å². The van der Waals surface area contributed by atoms with Gasteiger partial charge in [0.2, 0.25) is 5.91 Å². The average molecular weight is 212 g/mol. The second-order valence-corrected chi connectivity index (χ2v) is 2.74. The Balaban J connectivity index is 2.22. The summed E-state index contributed by atoms with van der Waals surface area (Å²) in [6.07, 6.45) is 1.49. The first-order valence-corrected chi connectivity index (χ1v) is 4.58. The van der Waals surface area contributed by atoms with Crippen LogP contribution in [0.4, 0.5) is 5.82 Å². The van der Waals surface area contributed by atoms with E-state index in [0.29, 0.717) is 12.4 Å². The molecule has 0 unspecified atom stereocenters. The fraction of sp³-hybridized carbons (Fsp3) is 0.444. The second-order valence-electron chi connectivity index (χ2n) is 2.74. The van der Waals surface area contributed by atoms with E-state index in [1.807, 2.05) is 0 Å². The number of anilines is 1. The molecule has 0 fully saturated rings. The second kappa shape index (κ2) is 5.79. The van der Waals surface area contributed by atoms with E-state index in [1.165, 1.54) is 12.3 Å². The molecule has 0 atom stereocenters. The van der Waals surface area contributed by atoms with E-state index < -0.39 is 0 Å². The summed E-state index contributed by atoms with van der Waals surface area (Å²) in [5.41, 5.74) is 0. The Morgan fingerprint density at radius 1 is 1.53 bits per heavy atom. The minimum Gasteiger partial charge on any atom is -0.466 e. The van der Waals surface area contributed by atoms with Crippen molar-refractivity contribution < 1.29 is 18.8 Å². The third-order valence-corrected chi connectivity index (χ3v) is 1.57. The molecule has 1 amide bonds. The molecule has 82 valence electrons. The number of nitrogens with one attached hydrogen (secondary N) is 1. The zero-order valence-electron chi connectivity index (χ0n) is 8.36. The smallest absolute Gasteiger partial charge is 0.306 e. The minimum absolute atomic E-state index is 0.0670. The summed E-state index contributed by atoms with van der Waals surface area (Å²) in [6.45, 7) is 2.04. The molecule has 1 N–H and O–H groups in total. The predicted molar refractivity (Wildman–Crippen MR) is 51.0 cm³/mol. The van der Waals surface area contributed by atoms with Crippen molar-refractivity contribution in [2.45, 2.75) is 19.8 Å². The van der Waals surface area contributed by atoms with Crippen molar-refractivity contribution in [3.05, 3.63) is 12.3 Å². The van der Waals surface area contributed by atoms with Gasteiger partial charge >= 0.3 is 5.97 Å². The number of nitrogens with zero attached hydrogens (tertiary/aromatic N) is 1. The fourth-order valence-electron chi connectivity index (χ4n) is 0.931. The molecule has 0 aromatic carbocycles. The first-order chi connectivity index (χ1) is 7.22. The van der Waals surface area contributed by atoms with Gasteiger partial charge in [-0.05, 0) is 6.92 Å². The van der Waals surface area contributed by atoms with Gasteiger partial charge in [0.1, 0.15) is 6.26 Å². The molecule has 1 heterocycles. The monoisotopic (exact) mass is 212 g/mol. The van der Waals surface area contributed by atoms with E-state index in [1.54, 1.807) is 6.92 Å². The summed E-state index contributed by atoms with van der Waals surface area (Å²) in [5.74, 6) is -0.339. The normalized spacial score (nSPS) is 9.67. The number of hydrogen-bond donors (Lipinski definition) is 1. The highest BCUT2D eigenvalue weighted by Crippen LogP contribution is 2.03. The lowest BCUT2D eigenvalue weighted by molar-refractivity contribution is -0.144. The Kier molecular flexibility index (Phi) is 4.33. The van der Waals surface area contributed by atoms with Crippen molar-refractivity contribution in [2.75, 3.05) is 11.9 Å². The summed E-state index contributed by atoms with van der Waals surface area (Å²) >= 11 is 0. The number of ether oxygens (including phenoxy) is 1. The van der Waals surface area contributed by atoms with Gasteiger partial charge in [0.15, 0.2) is 5.82 Å². The van der Waals surface area contributed by atoms with Crippen molar-refractivity contribution in [3.63, 3.8) is 0 Å². The van der Waals surface area contributed by atoms with Crippen LogP contribution in [-0.4, -0.2) is 23.6 Å². The zero-order chi connectivity index (χ0) is 11.1. The van der Waals surface area contributed by atoms with Gasteiger partial charge in [-0.25, -0.2) is 0 Å². The van der Waals surface area contributed by atoms with Gasteiger partial charge in [0, 0.05) is 12.5 Å². The molecule has 0 aliphatic rings. The van der Waals surface area contributed by atoms with Crippen LogP contribution in [0.25, 0.3) is 0 Å². The highest BCUT2D eigenvalue weighted by atomic mass is 16.5.